The molecule has 2 amide bonds. The Morgan fingerprint density at radius 3 is 2.66 bits per heavy atom. The van der Waals surface area contributed by atoms with Crippen LogP contribution in [0.3, 0.4) is 0 Å². The average molecular weight is 472 g/mol. The van der Waals surface area contributed by atoms with Crippen molar-refractivity contribution in [1.82, 2.24) is 14.5 Å². The molecule has 0 saturated carbocycles. The second kappa shape index (κ2) is 9.63. The van der Waals surface area contributed by atoms with E-state index in [0.29, 0.717) is 52.4 Å². The molecule has 1 aliphatic heterocycles. The lowest BCUT2D eigenvalue weighted by Gasteiger charge is -2.29. The first-order valence-corrected chi connectivity index (χ1v) is 11.2. The summed E-state index contributed by atoms with van der Waals surface area (Å²) in [5.41, 5.74) is 2.24. The Morgan fingerprint density at radius 2 is 1.94 bits per heavy atom. The number of hydrogen-bond acceptors (Lipinski definition) is 4. The molecule has 7 nitrogen and oxygen atoms in total. The molecule has 0 unspecified atom stereocenters. The normalized spacial score (nSPS) is 12.9. The Balaban J connectivity index is 1.65. The maximum absolute atomic E-state index is 13.5. The van der Waals surface area contributed by atoms with Crippen molar-refractivity contribution in [3.05, 3.63) is 80.2 Å². The van der Waals surface area contributed by atoms with Gasteiger partial charge in [0.25, 0.3) is 5.56 Å². The number of anilines is 2. The highest BCUT2D eigenvalue weighted by molar-refractivity contribution is 6.36. The van der Waals surface area contributed by atoms with Gasteiger partial charge in [-0.05, 0) is 36.8 Å². The smallest absolute Gasteiger partial charge is 0.322 e. The lowest BCUT2D eigenvalue weighted by atomic mass is 10.1. The summed E-state index contributed by atoms with van der Waals surface area (Å²) in [6, 6.07) is 13.9. The van der Waals surface area contributed by atoms with Gasteiger partial charge in [0, 0.05) is 24.5 Å². The maximum atomic E-state index is 13.5. The van der Waals surface area contributed by atoms with Crippen molar-refractivity contribution in [2.24, 2.45) is 0 Å². The van der Waals surface area contributed by atoms with Crippen LogP contribution in [0.15, 0.2) is 53.3 Å². The van der Waals surface area contributed by atoms with Gasteiger partial charge in [-0.25, -0.2) is 14.3 Å². The number of para-hydroxylation sites is 1. The molecule has 0 spiro atoms. The number of nitrogens with zero attached hydrogens (tertiary/aromatic N) is 3. The molecule has 0 fully saturated rings. The van der Waals surface area contributed by atoms with Crippen molar-refractivity contribution in [1.29, 1.82) is 0 Å². The van der Waals surface area contributed by atoms with Crippen LogP contribution in [0.5, 0.6) is 0 Å². The Labute approximate surface area is 196 Å². The lowest BCUT2D eigenvalue weighted by Crippen LogP contribution is -2.43. The molecule has 2 heterocycles. The number of hydrogen-bond donors (Lipinski definition) is 2. The summed E-state index contributed by atoms with van der Waals surface area (Å²) in [7, 11) is 0. The fourth-order valence-electron chi connectivity index (χ4n) is 3.61. The van der Waals surface area contributed by atoms with E-state index in [-0.39, 0.29) is 18.1 Å². The molecular weight excluding hydrogens is 449 g/mol. The van der Waals surface area contributed by atoms with E-state index in [2.05, 4.69) is 17.6 Å². The summed E-state index contributed by atoms with van der Waals surface area (Å²) in [6.07, 6.45) is 1.39. The number of fused-ring (bicyclic) bond motifs is 1. The zero-order valence-electron chi connectivity index (χ0n) is 17.6. The van der Waals surface area contributed by atoms with Gasteiger partial charge in [-0.1, -0.05) is 48.3 Å². The molecule has 1 aliphatic rings. The summed E-state index contributed by atoms with van der Waals surface area (Å²) < 4.78 is 1.58. The van der Waals surface area contributed by atoms with Crippen LogP contribution in [-0.2, 0) is 13.0 Å². The van der Waals surface area contributed by atoms with Crippen LogP contribution in [0.1, 0.15) is 24.6 Å². The van der Waals surface area contributed by atoms with E-state index < -0.39 is 0 Å². The number of carbonyl (C=O) groups excluding carboxylic acids is 1. The highest BCUT2D eigenvalue weighted by Crippen LogP contribution is 2.26. The lowest BCUT2D eigenvalue weighted by molar-refractivity contribution is 0.205. The van der Waals surface area contributed by atoms with Gasteiger partial charge in [0.15, 0.2) is 0 Å². The second-order valence-electron chi connectivity index (χ2n) is 7.49. The minimum Gasteiger partial charge on any atom is -0.355 e. The fraction of sp³-hybridized carbons (Fsp3) is 0.261. The Kier molecular flexibility index (Phi) is 6.67. The fourth-order valence-corrected chi connectivity index (χ4v) is 4.06. The third kappa shape index (κ3) is 4.59. The monoisotopic (exact) mass is 471 g/mol. The van der Waals surface area contributed by atoms with E-state index in [1.54, 1.807) is 27.7 Å². The predicted molar refractivity (Wildman–Crippen MR) is 128 cm³/mol. The third-order valence-corrected chi connectivity index (χ3v) is 5.79. The average Bonchev–Trinajstić information content (AvgIpc) is 2.80. The van der Waals surface area contributed by atoms with Crippen molar-refractivity contribution < 1.29 is 4.79 Å². The van der Waals surface area contributed by atoms with Crippen LogP contribution in [0.4, 0.5) is 16.4 Å². The highest BCUT2D eigenvalue weighted by atomic mass is 35.5. The second-order valence-corrected chi connectivity index (χ2v) is 8.33. The molecule has 32 heavy (non-hydrogen) atoms. The third-order valence-electron chi connectivity index (χ3n) is 5.24. The van der Waals surface area contributed by atoms with Crippen LogP contribution in [0.2, 0.25) is 10.0 Å². The van der Waals surface area contributed by atoms with Crippen molar-refractivity contribution in [3.8, 4) is 5.69 Å². The van der Waals surface area contributed by atoms with Gasteiger partial charge in [-0.3, -0.25) is 4.79 Å². The van der Waals surface area contributed by atoms with Gasteiger partial charge in [-0.15, -0.1) is 0 Å². The first-order chi connectivity index (χ1) is 15.5. The number of halogens is 2. The molecule has 0 bridgehead atoms. The minimum atomic E-state index is -0.335. The van der Waals surface area contributed by atoms with E-state index >= 15 is 0 Å². The molecule has 2 aromatic carbocycles. The van der Waals surface area contributed by atoms with Crippen LogP contribution in [-0.4, -0.2) is 33.6 Å². The van der Waals surface area contributed by atoms with Crippen LogP contribution >= 0.6 is 23.2 Å². The van der Waals surface area contributed by atoms with Crippen LogP contribution < -0.4 is 16.2 Å². The van der Waals surface area contributed by atoms with Crippen molar-refractivity contribution >= 4 is 40.9 Å². The first kappa shape index (κ1) is 22.2. The molecular formula is C23H23Cl2N5O2. The summed E-state index contributed by atoms with van der Waals surface area (Å²) in [5.74, 6) is 0.521. The molecule has 166 valence electrons. The van der Waals surface area contributed by atoms with Gasteiger partial charge in [0.1, 0.15) is 0 Å². The standard InChI is InChI=1S/C23H23Cl2N5O2/c1-2-11-26-22-27-19-10-12-29(23(32)28-20-9-8-15(24)13-18(20)25)14-17(19)21(31)30(22)16-6-4-3-5-7-16/h3-9,13H,2,10-12,14H2,1H3,(H,26,27)(H,28,32). The van der Waals surface area contributed by atoms with E-state index in [1.165, 1.54) is 0 Å². The molecule has 9 heteroatoms. The SMILES string of the molecule is CCCNc1nc2c(c(=O)n1-c1ccccc1)CN(C(=O)Nc1ccc(Cl)cc1Cl)CC2. The van der Waals surface area contributed by atoms with Gasteiger partial charge in [-0.2, -0.15) is 0 Å². The topological polar surface area (TPSA) is 79.3 Å². The quantitative estimate of drug-likeness (QED) is 0.551. The molecule has 0 radical (unpaired) electrons. The van der Waals surface area contributed by atoms with E-state index in [1.807, 2.05) is 30.3 Å². The molecule has 4 rings (SSSR count). The Bertz CT molecular complexity index is 1200. The maximum Gasteiger partial charge on any atom is 0.322 e. The van der Waals surface area contributed by atoms with Gasteiger partial charge >= 0.3 is 6.03 Å². The van der Waals surface area contributed by atoms with Gasteiger partial charge in [0.05, 0.1) is 34.2 Å². The minimum absolute atomic E-state index is 0.166. The molecule has 0 aliphatic carbocycles. The van der Waals surface area contributed by atoms with E-state index in [9.17, 15) is 9.59 Å². The molecule has 2 N–H and O–H groups in total. The van der Waals surface area contributed by atoms with Gasteiger partial charge in [0.2, 0.25) is 5.95 Å². The molecule has 0 atom stereocenters. The number of benzene rings is 2. The number of carbonyl (C=O) groups is 1. The van der Waals surface area contributed by atoms with Crippen LogP contribution in [0.25, 0.3) is 5.69 Å². The first-order valence-electron chi connectivity index (χ1n) is 10.4. The summed E-state index contributed by atoms with van der Waals surface area (Å²) in [5, 5.41) is 6.90. The number of rotatable bonds is 5. The van der Waals surface area contributed by atoms with E-state index in [4.69, 9.17) is 28.2 Å². The van der Waals surface area contributed by atoms with Gasteiger partial charge < -0.3 is 15.5 Å². The summed E-state index contributed by atoms with van der Waals surface area (Å²) in [6.45, 7) is 3.37. The zero-order valence-corrected chi connectivity index (χ0v) is 19.1. The number of aromatic nitrogens is 2. The zero-order chi connectivity index (χ0) is 22.7. The van der Waals surface area contributed by atoms with Crippen LogP contribution in [0, 0.1) is 0 Å². The van der Waals surface area contributed by atoms with Crippen molar-refractivity contribution in [3.63, 3.8) is 0 Å². The van der Waals surface area contributed by atoms with E-state index in [0.717, 1.165) is 12.1 Å². The van der Waals surface area contributed by atoms with Crippen molar-refractivity contribution in [2.75, 3.05) is 23.7 Å². The Morgan fingerprint density at radius 1 is 1.16 bits per heavy atom. The Hall–Kier alpha value is -3.03. The molecule has 0 saturated heterocycles. The predicted octanol–water partition coefficient (Wildman–Crippen LogP) is 4.95. The largest absolute Gasteiger partial charge is 0.355 e. The summed E-state index contributed by atoms with van der Waals surface area (Å²) in [4.78, 5) is 32.7. The number of amides is 2. The molecule has 3 aromatic rings. The highest BCUT2D eigenvalue weighted by Gasteiger charge is 2.27. The number of urea groups is 1. The summed E-state index contributed by atoms with van der Waals surface area (Å²) >= 11 is 12.1. The molecule has 1 aromatic heterocycles. The van der Waals surface area contributed by atoms with Crippen molar-refractivity contribution in [2.45, 2.75) is 26.3 Å². The number of nitrogens with one attached hydrogen (secondary N) is 2.